The van der Waals surface area contributed by atoms with Crippen molar-refractivity contribution in [3.05, 3.63) is 40.7 Å². The quantitative estimate of drug-likeness (QED) is 0.741. The fourth-order valence-electron chi connectivity index (χ4n) is 2.31. The molecule has 0 atom stereocenters. The lowest BCUT2D eigenvalue weighted by molar-refractivity contribution is 0.0952. The van der Waals surface area contributed by atoms with Gasteiger partial charge in [-0.1, -0.05) is 37.3 Å². The molecule has 3 rings (SSSR count). The van der Waals surface area contributed by atoms with Crippen molar-refractivity contribution in [1.82, 2.24) is 25.1 Å². The number of rotatable bonds is 6. The Morgan fingerprint density at radius 2 is 2.21 bits per heavy atom. The number of amides is 1. The average Bonchev–Trinajstić information content (AvgIpc) is 3.15. The highest BCUT2D eigenvalue weighted by Gasteiger charge is 2.17. The Labute approximate surface area is 143 Å². The van der Waals surface area contributed by atoms with Crippen molar-refractivity contribution < 1.29 is 9.53 Å². The normalized spacial score (nSPS) is 11.2. The van der Waals surface area contributed by atoms with Crippen LogP contribution >= 0.6 is 11.3 Å². The molecule has 3 aromatic rings. The van der Waals surface area contributed by atoms with Crippen LogP contribution in [0.3, 0.4) is 0 Å². The smallest absolute Gasteiger partial charge is 0.282 e. The third kappa shape index (κ3) is 3.38. The highest BCUT2D eigenvalue weighted by molar-refractivity contribution is 7.18. The summed E-state index contributed by atoms with van der Waals surface area (Å²) in [7, 11) is 1.64. The molecule has 0 aliphatic heterocycles. The molecule has 1 aromatic carbocycles. The zero-order chi connectivity index (χ0) is 17.1. The molecule has 0 saturated carbocycles. The SMILES string of the molecule is COc1cccc(CCNC(=O)c2nn3c(C(C)C)nnc3s2)c1. The van der Waals surface area contributed by atoms with E-state index in [2.05, 4.69) is 20.6 Å². The first-order valence-electron chi connectivity index (χ1n) is 7.71. The summed E-state index contributed by atoms with van der Waals surface area (Å²) in [6.07, 6.45) is 0.726. The van der Waals surface area contributed by atoms with Crippen LogP contribution in [0.15, 0.2) is 24.3 Å². The molecule has 0 aliphatic carbocycles. The number of hydrogen-bond donors (Lipinski definition) is 1. The molecule has 0 saturated heterocycles. The van der Waals surface area contributed by atoms with Crippen molar-refractivity contribution in [2.75, 3.05) is 13.7 Å². The van der Waals surface area contributed by atoms with Crippen LogP contribution in [0.5, 0.6) is 5.75 Å². The van der Waals surface area contributed by atoms with Crippen LogP contribution in [0.25, 0.3) is 4.96 Å². The Bertz CT molecular complexity index is 855. The number of aromatic nitrogens is 4. The van der Waals surface area contributed by atoms with Crippen LogP contribution in [-0.4, -0.2) is 39.4 Å². The third-order valence-corrected chi connectivity index (χ3v) is 4.46. The minimum atomic E-state index is -0.192. The maximum absolute atomic E-state index is 12.3. The molecule has 24 heavy (non-hydrogen) atoms. The van der Waals surface area contributed by atoms with Crippen molar-refractivity contribution in [2.24, 2.45) is 0 Å². The zero-order valence-electron chi connectivity index (χ0n) is 13.8. The third-order valence-electron chi connectivity index (χ3n) is 3.56. The lowest BCUT2D eigenvalue weighted by Crippen LogP contribution is -2.25. The molecule has 2 heterocycles. The molecule has 0 radical (unpaired) electrons. The number of nitrogens with one attached hydrogen (secondary N) is 1. The summed E-state index contributed by atoms with van der Waals surface area (Å²) in [5.41, 5.74) is 1.11. The Morgan fingerprint density at radius 1 is 1.38 bits per heavy atom. The lowest BCUT2D eigenvalue weighted by atomic mass is 10.1. The van der Waals surface area contributed by atoms with Gasteiger partial charge in [-0.25, -0.2) is 0 Å². The first-order valence-corrected chi connectivity index (χ1v) is 8.53. The Morgan fingerprint density at radius 3 is 2.96 bits per heavy atom. The number of ether oxygens (including phenoxy) is 1. The van der Waals surface area contributed by atoms with Gasteiger partial charge in [0.2, 0.25) is 9.97 Å². The number of benzene rings is 1. The predicted octanol–water partition coefficient (Wildman–Crippen LogP) is 2.29. The van der Waals surface area contributed by atoms with E-state index in [4.69, 9.17) is 4.74 Å². The first-order chi connectivity index (χ1) is 11.6. The zero-order valence-corrected chi connectivity index (χ0v) is 14.6. The second-order valence-corrected chi connectivity index (χ2v) is 6.63. The van der Waals surface area contributed by atoms with Gasteiger partial charge in [0.15, 0.2) is 5.82 Å². The molecule has 8 heteroatoms. The Balaban J connectivity index is 1.62. The summed E-state index contributed by atoms with van der Waals surface area (Å²) in [4.78, 5) is 12.9. The number of fused-ring (bicyclic) bond motifs is 1. The molecule has 0 spiro atoms. The maximum Gasteiger partial charge on any atom is 0.282 e. The standard InChI is InChI=1S/C16H19N5O2S/c1-10(2)13-18-19-16-21(13)20-15(24-16)14(22)17-8-7-11-5-4-6-12(9-11)23-3/h4-6,9-10H,7-8H2,1-3H3,(H,17,22). The first kappa shape index (κ1) is 16.4. The number of hydrogen-bond acceptors (Lipinski definition) is 6. The minimum absolute atomic E-state index is 0.192. The number of methoxy groups -OCH3 is 1. The molecule has 1 amide bonds. The van der Waals surface area contributed by atoms with Gasteiger partial charge in [0, 0.05) is 12.5 Å². The largest absolute Gasteiger partial charge is 0.497 e. The molecule has 0 fully saturated rings. The fraction of sp³-hybridized carbons (Fsp3) is 0.375. The van der Waals surface area contributed by atoms with Gasteiger partial charge in [-0.3, -0.25) is 4.79 Å². The van der Waals surface area contributed by atoms with E-state index >= 15 is 0 Å². The van der Waals surface area contributed by atoms with E-state index in [-0.39, 0.29) is 11.8 Å². The molecular weight excluding hydrogens is 326 g/mol. The van der Waals surface area contributed by atoms with Crippen molar-refractivity contribution in [2.45, 2.75) is 26.2 Å². The second kappa shape index (κ2) is 6.96. The van der Waals surface area contributed by atoms with E-state index in [9.17, 15) is 4.79 Å². The highest BCUT2D eigenvalue weighted by atomic mass is 32.1. The summed E-state index contributed by atoms with van der Waals surface area (Å²) < 4.78 is 6.84. The fourth-order valence-corrected chi connectivity index (χ4v) is 3.07. The molecule has 2 aromatic heterocycles. The van der Waals surface area contributed by atoms with Crippen LogP contribution in [0, 0.1) is 0 Å². The average molecular weight is 345 g/mol. The molecule has 7 nitrogen and oxygen atoms in total. The van der Waals surface area contributed by atoms with Gasteiger partial charge >= 0.3 is 0 Å². The van der Waals surface area contributed by atoms with E-state index in [1.807, 2.05) is 38.1 Å². The molecule has 126 valence electrons. The highest BCUT2D eigenvalue weighted by Crippen LogP contribution is 2.18. The maximum atomic E-state index is 12.3. The van der Waals surface area contributed by atoms with Crippen LogP contribution < -0.4 is 10.1 Å². The Kier molecular flexibility index (Phi) is 4.75. The Hall–Kier alpha value is -2.48. The van der Waals surface area contributed by atoms with Crippen LogP contribution in [0.1, 0.15) is 41.0 Å². The summed E-state index contributed by atoms with van der Waals surface area (Å²) >= 11 is 1.24. The molecule has 0 unspecified atom stereocenters. The predicted molar refractivity (Wildman–Crippen MR) is 91.8 cm³/mol. The van der Waals surface area contributed by atoms with Gasteiger partial charge < -0.3 is 10.1 Å². The summed E-state index contributed by atoms with van der Waals surface area (Å²) in [6.45, 7) is 4.57. The van der Waals surface area contributed by atoms with Crippen molar-refractivity contribution in [1.29, 1.82) is 0 Å². The molecular formula is C16H19N5O2S. The second-order valence-electron chi connectivity index (χ2n) is 5.67. The van der Waals surface area contributed by atoms with E-state index in [0.29, 0.717) is 16.5 Å². The van der Waals surface area contributed by atoms with Gasteiger partial charge in [-0.2, -0.15) is 4.52 Å². The van der Waals surface area contributed by atoms with E-state index < -0.39 is 0 Å². The summed E-state index contributed by atoms with van der Waals surface area (Å²) in [5, 5.41) is 15.8. The molecule has 0 bridgehead atoms. The van der Waals surface area contributed by atoms with Gasteiger partial charge in [-0.05, 0) is 24.1 Å². The van der Waals surface area contributed by atoms with Gasteiger partial charge in [0.05, 0.1) is 7.11 Å². The van der Waals surface area contributed by atoms with Crippen molar-refractivity contribution >= 4 is 22.2 Å². The number of carbonyl (C=O) groups is 1. The van der Waals surface area contributed by atoms with E-state index in [0.717, 1.165) is 23.6 Å². The monoisotopic (exact) mass is 345 g/mol. The number of nitrogens with zero attached hydrogens (tertiary/aromatic N) is 4. The number of carbonyl (C=O) groups excluding carboxylic acids is 1. The van der Waals surface area contributed by atoms with E-state index in [1.54, 1.807) is 11.6 Å². The molecule has 1 N–H and O–H groups in total. The van der Waals surface area contributed by atoms with Gasteiger partial charge in [0.25, 0.3) is 5.91 Å². The van der Waals surface area contributed by atoms with E-state index in [1.165, 1.54) is 11.3 Å². The van der Waals surface area contributed by atoms with Crippen LogP contribution in [-0.2, 0) is 6.42 Å². The van der Waals surface area contributed by atoms with Crippen molar-refractivity contribution in [3.63, 3.8) is 0 Å². The topological polar surface area (TPSA) is 81.4 Å². The van der Waals surface area contributed by atoms with Gasteiger partial charge in [0.1, 0.15) is 5.75 Å². The summed E-state index contributed by atoms with van der Waals surface area (Å²) in [6, 6.07) is 7.80. The van der Waals surface area contributed by atoms with Crippen LogP contribution in [0.4, 0.5) is 0 Å². The lowest BCUT2D eigenvalue weighted by Gasteiger charge is -2.05. The van der Waals surface area contributed by atoms with Gasteiger partial charge in [-0.15, -0.1) is 15.3 Å². The van der Waals surface area contributed by atoms with Crippen molar-refractivity contribution in [3.8, 4) is 5.75 Å². The minimum Gasteiger partial charge on any atom is -0.497 e. The summed E-state index contributed by atoms with van der Waals surface area (Å²) in [5.74, 6) is 1.58. The van der Waals surface area contributed by atoms with Crippen LogP contribution in [0.2, 0.25) is 0 Å². The molecule has 0 aliphatic rings.